The van der Waals surface area contributed by atoms with Crippen molar-refractivity contribution in [3.8, 4) is 0 Å². The average Bonchev–Trinajstić information content (AvgIpc) is 2.92. The van der Waals surface area contributed by atoms with Crippen LogP contribution in [0.5, 0.6) is 0 Å². The molecule has 0 bridgehead atoms. The lowest BCUT2D eigenvalue weighted by Crippen LogP contribution is -2.23. The van der Waals surface area contributed by atoms with Crippen molar-refractivity contribution in [3.05, 3.63) is 51.7 Å². The maximum atomic E-state index is 12.7. The largest absolute Gasteiger partial charge is 0.350 e. The molecule has 5 heteroatoms. The number of nitrogens with one attached hydrogen (secondary N) is 1. The number of nitrogens with zero attached hydrogens (tertiary/aromatic N) is 1. The smallest absolute Gasteiger partial charge is 0.220 e. The van der Waals surface area contributed by atoms with Crippen molar-refractivity contribution in [2.75, 3.05) is 0 Å². The van der Waals surface area contributed by atoms with Crippen LogP contribution >= 0.6 is 11.3 Å². The van der Waals surface area contributed by atoms with Crippen molar-refractivity contribution in [1.29, 1.82) is 0 Å². The topological polar surface area (TPSA) is 42.0 Å². The van der Waals surface area contributed by atoms with Gasteiger partial charge in [0.15, 0.2) is 0 Å². The predicted octanol–water partition coefficient (Wildman–Crippen LogP) is 3.09. The van der Waals surface area contributed by atoms with Gasteiger partial charge >= 0.3 is 0 Å². The van der Waals surface area contributed by atoms with Crippen LogP contribution in [-0.2, 0) is 24.2 Å². The first-order chi connectivity index (χ1) is 9.67. The number of carbonyl (C=O) groups is 1. The molecule has 0 radical (unpaired) electrons. The highest BCUT2D eigenvalue weighted by Gasteiger charge is 2.05. The van der Waals surface area contributed by atoms with Gasteiger partial charge < -0.3 is 5.32 Å². The van der Waals surface area contributed by atoms with Gasteiger partial charge in [-0.15, -0.1) is 11.3 Å². The van der Waals surface area contributed by atoms with Crippen molar-refractivity contribution >= 4 is 17.2 Å². The maximum absolute atomic E-state index is 12.7. The minimum Gasteiger partial charge on any atom is -0.350 e. The lowest BCUT2D eigenvalue weighted by molar-refractivity contribution is -0.121. The van der Waals surface area contributed by atoms with E-state index in [4.69, 9.17) is 0 Å². The van der Waals surface area contributed by atoms with Gasteiger partial charge in [0.1, 0.15) is 5.82 Å². The fourth-order valence-corrected chi connectivity index (χ4v) is 2.52. The van der Waals surface area contributed by atoms with Crippen molar-refractivity contribution in [3.63, 3.8) is 0 Å². The molecule has 1 aromatic heterocycles. The quantitative estimate of drug-likeness (QED) is 0.889. The standard InChI is InChI=1S/C15H17FN2OS/c1-2-15-18-13(10-20-15)9-17-14(19)8-5-11-3-6-12(16)7-4-11/h3-4,6-7,10H,2,5,8-9H2,1H3,(H,17,19). The summed E-state index contributed by atoms with van der Waals surface area (Å²) in [6.45, 7) is 2.53. The highest BCUT2D eigenvalue weighted by atomic mass is 32.1. The van der Waals surface area contributed by atoms with E-state index in [1.54, 1.807) is 23.5 Å². The molecule has 0 fully saturated rings. The summed E-state index contributed by atoms with van der Waals surface area (Å²) in [6, 6.07) is 6.23. The van der Waals surface area contributed by atoms with E-state index >= 15 is 0 Å². The third-order valence-corrected chi connectivity index (χ3v) is 3.96. The lowest BCUT2D eigenvalue weighted by Gasteiger charge is -2.03. The zero-order valence-electron chi connectivity index (χ0n) is 11.4. The molecular formula is C15H17FN2OS. The second kappa shape index (κ2) is 7.14. The van der Waals surface area contributed by atoms with Gasteiger partial charge in [-0.05, 0) is 30.5 Å². The monoisotopic (exact) mass is 292 g/mol. The third kappa shape index (κ3) is 4.42. The van der Waals surface area contributed by atoms with Crippen LogP contribution in [0.1, 0.15) is 29.6 Å². The second-order valence-electron chi connectivity index (χ2n) is 4.49. The Hall–Kier alpha value is -1.75. The highest BCUT2D eigenvalue weighted by molar-refractivity contribution is 7.09. The molecule has 0 unspecified atom stereocenters. The van der Waals surface area contributed by atoms with E-state index in [1.807, 2.05) is 5.38 Å². The summed E-state index contributed by atoms with van der Waals surface area (Å²) >= 11 is 1.61. The summed E-state index contributed by atoms with van der Waals surface area (Å²) in [7, 11) is 0. The molecule has 106 valence electrons. The second-order valence-corrected chi connectivity index (χ2v) is 5.43. The molecular weight excluding hydrogens is 275 g/mol. The van der Waals surface area contributed by atoms with E-state index in [1.165, 1.54) is 12.1 Å². The summed E-state index contributed by atoms with van der Waals surface area (Å²) in [5.41, 5.74) is 1.87. The molecule has 2 aromatic rings. The Morgan fingerprint density at radius 2 is 2.10 bits per heavy atom. The van der Waals surface area contributed by atoms with Crippen LogP contribution in [0.25, 0.3) is 0 Å². The minimum absolute atomic E-state index is 0.0135. The van der Waals surface area contributed by atoms with Crippen molar-refractivity contribution in [2.45, 2.75) is 32.7 Å². The van der Waals surface area contributed by atoms with Crippen molar-refractivity contribution in [2.24, 2.45) is 0 Å². The Morgan fingerprint density at radius 1 is 1.35 bits per heavy atom. The van der Waals surface area contributed by atoms with Gasteiger partial charge in [0.05, 0.1) is 17.2 Å². The van der Waals surface area contributed by atoms with Gasteiger partial charge in [-0.2, -0.15) is 0 Å². The molecule has 0 aliphatic carbocycles. The van der Waals surface area contributed by atoms with Gasteiger partial charge in [0, 0.05) is 11.8 Å². The molecule has 1 heterocycles. The van der Waals surface area contributed by atoms with Crippen LogP contribution in [0, 0.1) is 5.82 Å². The van der Waals surface area contributed by atoms with Crippen LogP contribution in [0.2, 0.25) is 0 Å². The summed E-state index contributed by atoms with van der Waals surface area (Å²) < 4.78 is 12.7. The van der Waals surface area contributed by atoms with Crippen molar-refractivity contribution < 1.29 is 9.18 Å². The van der Waals surface area contributed by atoms with Crippen LogP contribution < -0.4 is 5.32 Å². The lowest BCUT2D eigenvalue weighted by atomic mass is 10.1. The first-order valence-corrected chi connectivity index (χ1v) is 7.49. The number of amides is 1. The number of hydrogen-bond acceptors (Lipinski definition) is 3. The van der Waals surface area contributed by atoms with Crippen LogP contribution in [0.15, 0.2) is 29.6 Å². The minimum atomic E-state index is -0.256. The van der Waals surface area contributed by atoms with E-state index < -0.39 is 0 Å². The van der Waals surface area contributed by atoms with E-state index in [9.17, 15) is 9.18 Å². The van der Waals surface area contributed by atoms with E-state index in [0.717, 1.165) is 22.7 Å². The van der Waals surface area contributed by atoms with Crippen LogP contribution in [0.4, 0.5) is 4.39 Å². The SMILES string of the molecule is CCc1nc(CNC(=O)CCc2ccc(F)cc2)cs1. The summed E-state index contributed by atoms with van der Waals surface area (Å²) in [5.74, 6) is -0.270. The van der Waals surface area contributed by atoms with Gasteiger partial charge in [-0.25, -0.2) is 9.37 Å². The molecule has 0 saturated heterocycles. The number of aromatic nitrogens is 1. The Kier molecular flexibility index (Phi) is 5.24. The molecule has 20 heavy (non-hydrogen) atoms. The van der Waals surface area contributed by atoms with E-state index in [0.29, 0.717) is 19.4 Å². The number of benzene rings is 1. The normalized spacial score (nSPS) is 10.5. The number of carbonyl (C=O) groups excluding carboxylic acids is 1. The highest BCUT2D eigenvalue weighted by Crippen LogP contribution is 2.10. The molecule has 1 amide bonds. The van der Waals surface area contributed by atoms with Gasteiger partial charge in [-0.3, -0.25) is 4.79 Å². The Balaban J connectivity index is 1.74. The summed E-state index contributed by atoms with van der Waals surface area (Å²) in [5, 5.41) is 5.90. The van der Waals surface area contributed by atoms with Crippen molar-refractivity contribution in [1.82, 2.24) is 10.3 Å². The third-order valence-electron chi connectivity index (χ3n) is 2.92. The predicted molar refractivity (Wildman–Crippen MR) is 78.1 cm³/mol. The molecule has 1 aromatic carbocycles. The Morgan fingerprint density at radius 3 is 2.75 bits per heavy atom. The molecule has 2 rings (SSSR count). The molecule has 0 spiro atoms. The molecule has 3 nitrogen and oxygen atoms in total. The number of thiazole rings is 1. The molecule has 1 N–H and O–H groups in total. The summed E-state index contributed by atoms with van der Waals surface area (Å²) in [6.07, 6.45) is 1.93. The maximum Gasteiger partial charge on any atom is 0.220 e. The zero-order chi connectivity index (χ0) is 14.4. The van der Waals surface area contributed by atoms with Gasteiger partial charge in [0.25, 0.3) is 0 Å². The molecule has 0 aliphatic heterocycles. The average molecular weight is 292 g/mol. The van der Waals surface area contributed by atoms with Crippen LogP contribution in [-0.4, -0.2) is 10.9 Å². The Bertz CT molecular complexity index is 566. The number of rotatable bonds is 6. The fourth-order valence-electron chi connectivity index (χ4n) is 1.78. The number of aryl methyl sites for hydroxylation is 2. The number of halogens is 1. The summed E-state index contributed by atoms with van der Waals surface area (Å²) in [4.78, 5) is 16.1. The van der Waals surface area contributed by atoms with Gasteiger partial charge in [0.2, 0.25) is 5.91 Å². The fraction of sp³-hybridized carbons (Fsp3) is 0.333. The van der Waals surface area contributed by atoms with Crippen LogP contribution in [0.3, 0.4) is 0 Å². The van der Waals surface area contributed by atoms with E-state index in [2.05, 4.69) is 17.2 Å². The molecule has 0 aliphatic rings. The Labute approximate surface area is 121 Å². The first kappa shape index (κ1) is 14.7. The molecule has 0 atom stereocenters. The molecule has 0 saturated carbocycles. The van der Waals surface area contributed by atoms with E-state index in [-0.39, 0.29) is 11.7 Å². The zero-order valence-corrected chi connectivity index (χ0v) is 12.2. The number of hydrogen-bond donors (Lipinski definition) is 1. The van der Waals surface area contributed by atoms with Gasteiger partial charge in [-0.1, -0.05) is 19.1 Å². The first-order valence-electron chi connectivity index (χ1n) is 6.62.